The molecule has 12 heteroatoms. The molecule has 0 aliphatic heterocycles. The summed E-state index contributed by atoms with van der Waals surface area (Å²) in [5.74, 6) is -0.712. The van der Waals surface area contributed by atoms with Crippen LogP contribution in [0.1, 0.15) is 36.4 Å². The number of anilines is 2. The SMILES string of the molecule is NC(=O)C1(c2nc(-c3cc(Cl)cc(Nc4nccc(C(F)(F)F)n4)c3)cs2)CCC(O)CC1. The minimum Gasteiger partial charge on any atom is -0.393 e. The van der Waals surface area contributed by atoms with Crippen LogP contribution >= 0.6 is 22.9 Å². The molecular formula is C21H19ClF3N5O2S. The molecule has 4 rings (SSSR count). The number of halogens is 4. The van der Waals surface area contributed by atoms with Crippen molar-refractivity contribution >= 4 is 40.5 Å². The number of aliphatic hydroxyl groups is 1. The number of primary amides is 1. The molecule has 2 heterocycles. The zero-order chi connectivity index (χ0) is 23.8. The molecule has 4 N–H and O–H groups in total. The Balaban J connectivity index is 1.63. The highest BCUT2D eigenvalue weighted by Crippen LogP contribution is 2.42. The van der Waals surface area contributed by atoms with Crippen molar-refractivity contribution in [2.24, 2.45) is 5.73 Å². The highest BCUT2D eigenvalue weighted by molar-refractivity contribution is 7.10. The fourth-order valence-electron chi connectivity index (χ4n) is 3.80. The van der Waals surface area contributed by atoms with Gasteiger partial charge in [0, 0.05) is 27.9 Å². The Bertz CT molecular complexity index is 1180. The number of nitrogens with zero attached hydrogens (tertiary/aromatic N) is 3. The topological polar surface area (TPSA) is 114 Å². The number of thiazole rings is 1. The van der Waals surface area contributed by atoms with Crippen LogP contribution in [0.3, 0.4) is 0 Å². The number of alkyl halides is 3. The van der Waals surface area contributed by atoms with Gasteiger partial charge in [0.15, 0.2) is 0 Å². The second kappa shape index (κ2) is 8.88. The van der Waals surface area contributed by atoms with Crippen molar-refractivity contribution in [2.45, 2.75) is 43.4 Å². The van der Waals surface area contributed by atoms with Crippen LogP contribution in [0, 0.1) is 0 Å². The summed E-state index contributed by atoms with van der Waals surface area (Å²) in [4.78, 5) is 24.3. The quantitative estimate of drug-likeness (QED) is 0.472. The summed E-state index contributed by atoms with van der Waals surface area (Å²) in [7, 11) is 0. The molecule has 0 radical (unpaired) electrons. The van der Waals surface area contributed by atoms with Gasteiger partial charge >= 0.3 is 6.18 Å². The van der Waals surface area contributed by atoms with Crippen LogP contribution in [0.25, 0.3) is 11.3 Å². The molecule has 1 fully saturated rings. The molecule has 3 aromatic rings. The van der Waals surface area contributed by atoms with Gasteiger partial charge in [-0.2, -0.15) is 13.2 Å². The number of nitrogens with two attached hydrogens (primary N) is 1. The van der Waals surface area contributed by atoms with Crippen LogP contribution in [-0.2, 0) is 16.4 Å². The molecule has 0 spiro atoms. The third-order valence-corrected chi connectivity index (χ3v) is 6.85. The van der Waals surface area contributed by atoms with Gasteiger partial charge in [0.2, 0.25) is 11.9 Å². The van der Waals surface area contributed by atoms with E-state index < -0.39 is 29.3 Å². The maximum absolute atomic E-state index is 12.9. The zero-order valence-electron chi connectivity index (χ0n) is 17.1. The Labute approximate surface area is 195 Å². The van der Waals surface area contributed by atoms with Gasteiger partial charge in [0.25, 0.3) is 0 Å². The van der Waals surface area contributed by atoms with E-state index in [-0.39, 0.29) is 5.95 Å². The van der Waals surface area contributed by atoms with E-state index in [0.717, 1.165) is 12.3 Å². The average Bonchev–Trinajstić information content (AvgIpc) is 3.24. The van der Waals surface area contributed by atoms with Crippen LogP contribution in [0.4, 0.5) is 24.8 Å². The molecule has 1 aliphatic rings. The van der Waals surface area contributed by atoms with Gasteiger partial charge in [-0.05, 0) is 49.9 Å². The molecule has 1 aromatic carbocycles. The molecule has 0 bridgehead atoms. The molecular weight excluding hydrogens is 479 g/mol. The molecule has 7 nitrogen and oxygen atoms in total. The molecule has 1 amide bonds. The normalized spacial score (nSPS) is 21.1. The van der Waals surface area contributed by atoms with Crippen LogP contribution in [-0.4, -0.2) is 32.1 Å². The van der Waals surface area contributed by atoms with Gasteiger partial charge in [-0.25, -0.2) is 15.0 Å². The van der Waals surface area contributed by atoms with E-state index in [9.17, 15) is 23.1 Å². The summed E-state index contributed by atoms with van der Waals surface area (Å²) in [6.45, 7) is 0. The number of amides is 1. The standard InChI is InChI=1S/C21H19ClF3N5O2S/c22-12-7-11(8-13(9-12)28-19-27-6-3-16(30-19)21(23,24)25)15-10-33-18(29-15)20(17(26)32)4-1-14(31)2-5-20/h3,6-10,14,31H,1-2,4-5H2,(H2,26,32)(H,27,28,30). The van der Waals surface area contributed by atoms with Crippen molar-refractivity contribution in [2.75, 3.05) is 5.32 Å². The number of nitrogens with one attached hydrogen (secondary N) is 1. The van der Waals surface area contributed by atoms with Crippen molar-refractivity contribution in [3.8, 4) is 11.3 Å². The lowest BCUT2D eigenvalue weighted by molar-refractivity contribution is -0.141. The van der Waals surface area contributed by atoms with Crippen molar-refractivity contribution in [3.63, 3.8) is 0 Å². The fraction of sp³-hybridized carbons (Fsp3) is 0.333. The Morgan fingerprint density at radius 1 is 1.24 bits per heavy atom. The van der Waals surface area contributed by atoms with Gasteiger partial charge in [0.1, 0.15) is 16.1 Å². The lowest BCUT2D eigenvalue weighted by Gasteiger charge is -2.34. The van der Waals surface area contributed by atoms with E-state index in [4.69, 9.17) is 17.3 Å². The number of hydrogen-bond acceptors (Lipinski definition) is 7. The van der Waals surface area contributed by atoms with E-state index >= 15 is 0 Å². The average molecular weight is 498 g/mol. The Morgan fingerprint density at radius 2 is 1.97 bits per heavy atom. The number of carbonyl (C=O) groups excluding carboxylic acids is 1. The second-order valence-electron chi connectivity index (χ2n) is 7.83. The van der Waals surface area contributed by atoms with E-state index in [1.165, 1.54) is 17.4 Å². The third kappa shape index (κ3) is 4.94. The van der Waals surface area contributed by atoms with Crippen molar-refractivity contribution in [3.05, 3.63) is 51.6 Å². The number of hydrogen-bond donors (Lipinski definition) is 3. The third-order valence-electron chi connectivity index (χ3n) is 5.59. The minimum atomic E-state index is -4.60. The summed E-state index contributed by atoms with van der Waals surface area (Å²) in [6, 6.07) is 5.61. The second-order valence-corrected chi connectivity index (χ2v) is 9.13. The van der Waals surface area contributed by atoms with Gasteiger partial charge in [0.05, 0.1) is 11.8 Å². The van der Waals surface area contributed by atoms with Crippen molar-refractivity contribution < 1.29 is 23.1 Å². The van der Waals surface area contributed by atoms with E-state index in [2.05, 4.69) is 20.3 Å². The number of carbonyl (C=O) groups is 1. The molecule has 174 valence electrons. The highest BCUT2D eigenvalue weighted by atomic mass is 35.5. The number of aromatic nitrogens is 3. The number of aliphatic hydroxyl groups excluding tert-OH is 1. The summed E-state index contributed by atoms with van der Waals surface area (Å²) in [6.07, 6.45) is -2.31. The summed E-state index contributed by atoms with van der Waals surface area (Å²) in [5.41, 5.74) is 5.22. The van der Waals surface area contributed by atoms with Gasteiger partial charge in [-0.1, -0.05) is 11.6 Å². The maximum atomic E-state index is 12.9. The Hall–Kier alpha value is -2.76. The van der Waals surface area contributed by atoms with Crippen molar-refractivity contribution in [1.29, 1.82) is 0 Å². The van der Waals surface area contributed by atoms with E-state index in [0.29, 0.717) is 52.7 Å². The molecule has 0 unspecified atom stereocenters. The van der Waals surface area contributed by atoms with Crippen molar-refractivity contribution in [1.82, 2.24) is 15.0 Å². The monoisotopic (exact) mass is 497 g/mol. The Kier molecular flexibility index (Phi) is 6.30. The van der Waals surface area contributed by atoms with Crippen LogP contribution in [0.15, 0.2) is 35.8 Å². The maximum Gasteiger partial charge on any atom is 0.433 e. The summed E-state index contributed by atoms with van der Waals surface area (Å²) >= 11 is 7.53. The number of rotatable bonds is 5. The van der Waals surface area contributed by atoms with Crippen LogP contribution < -0.4 is 11.1 Å². The van der Waals surface area contributed by atoms with E-state index in [1.807, 2.05) is 0 Å². The summed E-state index contributed by atoms with van der Waals surface area (Å²) in [5, 5.41) is 15.2. The fourth-order valence-corrected chi connectivity index (χ4v) is 5.13. The van der Waals surface area contributed by atoms with E-state index in [1.54, 1.807) is 17.5 Å². The molecule has 1 aliphatic carbocycles. The first kappa shape index (κ1) is 23.4. The van der Waals surface area contributed by atoms with Gasteiger partial charge in [-0.15, -0.1) is 11.3 Å². The lowest BCUT2D eigenvalue weighted by atomic mass is 9.73. The summed E-state index contributed by atoms with van der Waals surface area (Å²) < 4.78 is 38.8. The molecule has 33 heavy (non-hydrogen) atoms. The molecule has 1 saturated carbocycles. The lowest BCUT2D eigenvalue weighted by Crippen LogP contribution is -2.44. The smallest absolute Gasteiger partial charge is 0.393 e. The first-order valence-corrected chi connectivity index (χ1v) is 11.2. The van der Waals surface area contributed by atoms with Crippen LogP contribution in [0.5, 0.6) is 0 Å². The van der Waals surface area contributed by atoms with Gasteiger partial charge in [-0.3, -0.25) is 4.79 Å². The molecule has 0 atom stereocenters. The Morgan fingerprint density at radius 3 is 2.64 bits per heavy atom. The minimum absolute atomic E-state index is 0.231. The van der Waals surface area contributed by atoms with Crippen LogP contribution in [0.2, 0.25) is 5.02 Å². The van der Waals surface area contributed by atoms with Gasteiger partial charge < -0.3 is 16.2 Å². The number of benzene rings is 1. The highest BCUT2D eigenvalue weighted by Gasteiger charge is 2.44. The largest absolute Gasteiger partial charge is 0.433 e. The first-order chi connectivity index (χ1) is 15.6. The predicted octanol–water partition coefficient (Wildman–Crippen LogP) is 4.67. The molecule has 2 aromatic heterocycles. The predicted molar refractivity (Wildman–Crippen MR) is 118 cm³/mol. The molecule has 0 saturated heterocycles. The first-order valence-electron chi connectivity index (χ1n) is 9.99. The zero-order valence-corrected chi connectivity index (χ0v) is 18.6.